The van der Waals surface area contributed by atoms with Crippen molar-refractivity contribution in [2.24, 2.45) is 0 Å². The maximum Gasteiger partial charge on any atom is 0.332 e. The van der Waals surface area contributed by atoms with E-state index in [1.807, 2.05) is 54.6 Å². The van der Waals surface area contributed by atoms with Gasteiger partial charge in [0.25, 0.3) is 0 Å². The minimum Gasteiger partial charge on any atom is -0.497 e. The van der Waals surface area contributed by atoms with E-state index >= 15 is 0 Å². The van der Waals surface area contributed by atoms with Crippen molar-refractivity contribution in [3.05, 3.63) is 65.7 Å². The Morgan fingerprint density at radius 2 is 1.85 bits per heavy atom. The second-order valence-electron chi connectivity index (χ2n) is 5.86. The molecule has 138 valence electrons. The van der Waals surface area contributed by atoms with Crippen LogP contribution in [0.1, 0.15) is 23.5 Å². The lowest BCUT2D eigenvalue weighted by Crippen LogP contribution is -2.30. The van der Waals surface area contributed by atoms with E-state index in [1.165, 1.54) is 0 Å². The number of aliphatic carboxylic acids is 1. The second kappa shape index (κ2) is 10.2. The van der Waals surface area contributed by atoms with Crippen molar-refractivity contribution >= 4 is 12.4 Å². The van der Waals surface area contributed by atoms with Crippen molar-refractivity contribution in [1.82, 2.24) is 5.32 Å². The Morgan fingerprint density at radius 3 is 2.42 bits per heavy atom. The van der Waals surface area contributed by atoms with Crippen LogP contribution in [0.2, 0.25) is 0 Å². The highest BCUT2D eigenvalue weighted by atomic mass is 16.5. The second-order valence-corrected chi connectivity index (χ2v) is 5.86. The molecule has 2 aromatic carbocycles. The predicted octanol–water partition coefficient (Wildman–Crippen LogP) is 2.58. The zero-order valence-electron chi connectivity index (χ0n) is 14.6. The van der Waals surface area contributed by atoms with Crippen LogP contribution < -0.4 is 10.1 Å². The smallest absolute Gasteiger partial charge is 0.332 e. The number of methoxy groups -OCH3 is 1. The highest BCUT2D eigenvalue weighted by Crippen LogP contribution is 2.25. The first-order chi connectivity index (χ1) is 12.6. The third-order valence-corrected chi connectivity index (χ3v) is 4.10. The summed E-state index contributed by atoms with van der Waals surface area (Å²) in [7, 11) is 1.58. The molecule has 26 heavy (non-hydrogen) atoms. The molecular weight excluding hydrogens is 334 g/mol. The van der Waals surface area contributed by atoms with E-state index in [2.05, 4.69) is 5.32 Å². The first kappa shape index (κ1) is 19.5. The molecule has 0 radical (unpaired) electrons. The summed E-state index contributed by atoms with van der Waals surface area (Å²) in [5, 5.41) is 12.2. The van der Waals surface area contributed by atoms with Crippen molar-refractivity contribution < 1.29 is 24.2 Å². The Morgan fingerprint density at radius 1 is 1.15 bits per heavy atom. The lowest BCUT2D eigenvalue weighted by Gasteiger charge is -2.22. The number of ether oxygens (including phenoxy) is 2. The van der Waals surface area contributed by atoms with Gasteiger partial charge in [0.1, 0.15) is 5.75 Å². The van der Waals surface area contributed by atoms with Gasteiger partial charge in [-0.25, -0.2) is 4.79 Å². The van der Waals surface area contributed by atoms with Crippen molar-refractivity contribution in [2.75, 3.05) is 13.7 Å². The molecule has 0 aromatic heterocycles. The largest absolute Gasteiger partial charge is 0.497 e. The zero-order chi connectivity index (χ0) is 18.8. The van der Waals surface area contributed by atoms with E-state index in [0.717, 1.165) is 11.1 Å². The van der Waals surface area contributed by atoms with E-state index in [-0.39, 0.29) is 18.9 Å². The molecule has 2 atom stereocenters. The maximum absolute atomic E-state index is 11.6. The van der Waals surface area contributed by atoms with Crippen molar-refractivity contribution in [3.8, 4) is 5.75 Å². The molecule has 0 aliphatic heterocycles. The fraction of sp³-hybridized carbons (Fsp3) is 0.300. The zero-order valence-corrected chi connectivity index (χ0v) is 14.6. The molecule has 0 spiro atoms. The lowest BCUT2D eigenvalue weighted by molar-refractivity contribution is -0.152. The summed E-state index contributed by atoms with van der Waals surface area (Å²) in [4.78, 5) is 22.3. The van der Waals surface area contributed by atoms with Crippen LogP contribution in [0.15, 0.2) is 54.6 Å². The third-order valence-electron chi connectivity index (χ3n) is 4.10. The normalized spacial score (nSPS) is 12.8. The first-order valence-electron chi connectivity index (χ1n) is 8.33. The van der Waals surface area contributed by atoms with Gasteiger partial charge in [-0.05, 0) is 29.7 Å². The van der Waals surface area contributed by atoms with Crippen LogP contribution >= 0.6 is 0 Å². The number of amides is 1. The summed E-state index contributed by atoms with van der Waals surface area (Å²) in [5.74, 6) is -0.500. The summed E-state index contributed by atoms with van der Waals surface area (Å²) in [6.07, 6.45) is -0.123. The molecule has 1 amide bonds. The molecule has 6 nitrogen and oxygen atoms in total. The van der Waals surface area contributed by atoms with Crippen LogP contribution in [-0.2, 0) is 20.9 Å². The molecule has 0 saturated heterocycles. The van der Waals surface area contributed by atoms with E-state index in [4.69, 9.17) is 9.47 Å². The Bertz CT molecular complexity index is 687. The van der Waals surface area contributed by atoms with E-state index in [0.29, 0.717) is 18.7 Å². The minimum absolute atomic E-state index is 0.192. The molecule has 0 aliphatic carbocycles. The molecule has 0 saturated carbocycles. The summed E-state index contributed by atoms with van der Waals surface area (Å²) in [5.41, 5.74) is 1.82. The van der Waals surface area contributed by atoms with Crippen molar-refractivity contribution in [1.29, 1.82) is 0 Å². The summed E-state index contributed by atoms with van der Waals surface area (Å²) in [6, 6.07) is 16.8. The van der Waals surface area contributed by atoms with Crippen LogP contribution in [0, 0.1) is 0 Å². The van der Waals surface area contributed by atoms with Gasteiger partial charge in [0.15, 0.2) is 6.10 Å². The van der Waals surface area contributed by atoms with E-state index < -0.39 is 12.1 Å². The summed E-state index contributed by atoms with van der Waals surface area (Å²) >= 11 is 0. The number of hydrogen-bond donors (Lipinski definition) is 2. The quantitative estimate of drug-likeness (QED) is 0.604. The Balaban J connectivity index is 2.08. The van der Waals surface area contributed by atoms with Gasteiger partial charge < -0.3 is 19.9 Å². The molecule has 0 fully saturated rings. The van der Waals surface area contributed by atoms with Crippen LogP contribution in [-0.4, -0.2) is 37.2 Å². The molecule has 2 aromatic rings. The SMILES string of the molecule is COc1ccc(C(CNC=O)CC(OCc2ccccc2)C(=O)O)cc1. The Labute approximate surface area is 152 Å². The number of benzene rings is 2. The van der Waals surface area contributed by atoms with Crippen molar-refractivity contribution in [2.45, 2.75) is 25.0 Å². The van der Waals surface area contributed by atoms with Gasteiger partial charge in [-0.1, -0.05) is 42.5 Å². The number of carbonyl (C=O) groups excluding carboxylic acids is 1. The monoisotopic (exact) mass is 357 g/mol. The number of carbonyl (C=O) groups is 2. The Kier molecular flexibility index (Phi) is 7.64. The van der Waals surface area contributed by atoms with Crippen LogP contribution in [0.5, 0.6) is 5.75 Å². The minimum atomic E-state index is -1.02. The first-order valence-corrected chi connectivity index (χ1v) is 8.33. The number of hydrogen-bond acceptors (Lipinski definition) is 4. The molecular formula is C20H23NO5. The van der Waals surface area contributed by atoms with Crippen LogP contribution in [0.3, 0.4) is 0 Å². The fourth-order valence-electron chi connectivity index (χ4n) is 2.67. The van der Waals surface area contributed by atoms with Gasteiger partial charge in [0.05, 0.1) is 13.7 Å². The molecule has 2 unspecified atom stereocenters. The van der Waals surface area contributed by atoms with E-state index in [1.54, 1.807) is 7.11 Å². The molecule has 2 rings (SSSR count). The molecule has 6 heteroatoms. The summed E-state index contributed by atoms with van der Waals surface area (Å²) in [6.45, 7) is 0.544. The van der Waals surface area contributed by atoms with Gasteiger partial charge >= 0.3 is 5.97 Å². The van der Waals surface area contributed by atoms with Crippen molar-refractivity contribution in [3.63, 3.8) is 0 Å². The van der Waals surface area contributed by atoms with Gasteiger partial charge in [-0.3, -0.25) is 4.79 Å². The number of carboxylic acid groups (broad SMARTS) is 1. The number of rotatable bonds is 11. The highest BCUT2D eigenvalue weighted by Gasteiger charge is 2.24. The number of nitrogens with one attached hydrogen (secondary N) is 1. The lowest BCUT2D eigenvalue weighted by atomic mass is 9.92. The molecule has 0 bridgehead atoms. The third kappa shape index (κ3) is 5.89. The topological polar surface area (TPSA) is 84.9 Å². The standard InChI is InChI=1S/C20H23NO5/c1-25-18-9-7-16(8-10-18)17(12-21-14-22)11-19(20(23)24)26-13-15-5-3-2-4-6-15/h2-10,14,17,19H,11-13H2,1H3,(H,21,22)(H,23,24). The van der Waals surface area contributed by atoms with Crippen LogP contribution in [0.4, 0.5) is 0 Å². The predicted molar refractivity (Wildman–Crippen MR) is 97.1 cm³/mol. The molecule has 0 heterocycles. The maximum atomic E-state index is 11.6. The molecule has 2 N–H and O–H groups in total. The highest BCUT2D eigenvalue weighted by molar-refractivity contribution is 5.72. The van der Waals surface area contributed by atoms with Gasteiger partial charge in [-0.15, -0.1) is 0 Å². The number of carboxylic acids is 1. The van der Waals surface area contributed by atoms with Gasteiger partial charge in [0.2, 0.25) is 6.41 Å². The van der Waals surface area contributed by atoms with E-state index in [9.17, 15) is 14.7 Å². The van der Waals surface area contributed by atoms with Gasteiger partial charge in [0, 0.05) is 12.5 Å². The average Bonchev–Trinajstić information content (AvgIpc) is 2.68. The average molecular weight is 357 g/mol. The van der Waals surface area contributed by atoms with Crippen LogP contribution in [0.25, 0.3) is 0 Å². The van der Waals surface area contributed by atoms with Gasteiger partial charge in [-0.2, -0.15) is 0 Å². The molecule has 0 aliphatic rings. The fourth-order valence-corrected chi connectivity index (χ4v) is 2.67. The summed E-state index contributed by atoms with van der Waals surface area (Å²) < 4.78 is 10.8. The Hall–Kier alpha value is -2.86.